The molecule has 2 bridgehead atoms. The zero-order valence-electron chi connectivity index (χ0n) is 19.8. The summed E-state index contributed by atoms with van der Waals surface area (Å²) in [6.07, 6.45) is 13.4. The highest BCUT2D eigenvalue weighted by molar-refractivity contribution is 5.68. The van der Waals surface area contributed by atoms with Crippen molar-refractivity contribution < 1.29 is 0 Å². The molecule has 0 radical (unpaired) electrons. The van der Waals surface area contributed by atoms with Crippen LogP contribution in [0.1, 0.15) is 62.3 Å². The largest absolute Gasteiger partial charge is 0.341 e. The predicted molar refractivity (Wildman–Crippen MR) is 136 cm³/mol. The monoisotopic (exact) mass is 465 g/mol. The van der Waals surface area contributed by atoms with Crippen molar-refractivity contribution in [1.29, 1.82) is 0 Å². The Kier molecular flexibility index (Phi) is 5.25. The minimum Gasteiger partial charge on any atom is -0.341 e. The van der Waals surface area contributed by atoms with Crippen LogP contribution >= 0.6 is 0 Å². The summed E-state index contributed by atoms with van der Waals surface area (Å²) < 4.78 is 0. The third-order valence-electron chi connectivity index (χ3n) is 8.05. The molecule has 178 valence electrons. The van der Waals surface area contributed by atoms with Crippen LogP contribution in [0, 0.1) is 5.92 Å². The number of imidazole rings is 2. The lowest BCUT2D eigenvalue weighted by Gasteiger charge is -2.21. The predicted octanol–water partition coefficient (Wildman–Crippen LogP) is 5.16. The molecule has 35 heavy (non-hydrogen) atoms. The molecule has 1 saturated carbocycles. The second-order valence-electron chi connectivity index (χ2n) is 10.3. The van der Waals surface area contributed by atoms with Gasteiger partial charge in [-0.1, -0.05) is 30.7 Å². The average Bonchev–Trinajstić information content (AvgIpc) is 3.74. The van der Waals surface area contributed by atoms with Crippen molar-refractivity contribution in [2.24, 2.45) is 5.92 Å². The number of fused-ring (bicyclic) bond motifs is 2. The topological polar surface area (TPSA) is 94.3 Å². The fourth-order valence-electron chi connectivity index (χ4n) is 6.09. The number of benzene rings is 1. The Balaban J connectivity index is 1.05. The summed E-state index contributed by atoms with van der Waals surface area (Å²) >= 11 is 0. The SMILES string of the molecule is c1cc(-c2cnc(C3CCCCN3)[nH]2)ccc1-c1ccc(-c2cnc([C@H]3N[C@@H]4CC[C@H]3C4)[nH]2)cn1. The van der Waals surface area contributed by atoms with Gasteiger partial charge >= 0.3 is 0 Å². The first-order valence-corrected chi connectivity index (χ1v) is 13.0. The van der Waals surface area contributed by atoms with E-state index in [4.69, 9.17) is 4.98 Å². The number of pyridine rings is 1. The van der Waals surface area contributed by atoms with E-state index in [1.54, 1.807) is 0 Å². The number of nitrogens with zero attached hydrogens (tertiary/aromatic N) is 3. The fourth-order valence-corrected chi connectivity index (χ4v) is 6.09. The van der Waals surface area contributed by atoms with Crippen LogP contribution in [0.3, 0.4) is 0 Å². The molecule has 7 heteroatoms. The van der Waals surface area contributed by atoms with Crippen molar-refractivity contribution in [3.63, 3.8) is 0 Å². The smallest absolute Gasteiger partial charge is 0.124 e. The Morgan fingerprint density at radius 1 is 0.686 bits per heavy atom. The van der Waals surface area contributed by atoms with Gasteiger partial charge in [0, 0.05) is 23.4 Å². The molecule has 1 aliphatic carbocycles. The van der Waals surface area contributed by atoms with Gasteiger partial charge in [0.2, 0.25) is 0 Å². The van der Waals surface area contributed by atoms with Crippen LogP contribution in [0.2, 0.25) is 0 Å². The Morgan fingerprint density at radius 3 is 2.17 bits per heavy atom. The molecule has 5 heterocycles. The minimum atomic E-state index is 0.343. The van der Waals surface area contributed by atoms with E-state index in [1.165, 1.54) is 32.1 Å². The lowest BCUT2D eigenvalue weighted by molar-refractivity contribution is 0.379. The standard InChI is InChI=1S/C28H31N7/c1-2-12-29-23(3-1)27-31-15-24(34-27)18-6-4-17(5-7-18)22-11-9-20(14-30-22)25-16-32-28(35-25)26-19-8-10-21(13-19)33-26/h4-7,9,11,14-16,19,21,23,26,29,33H,1-3,8,10,12-13H2,(H,31,34)(H,32,35)/t19-,21+,23?,26-/m0/s1. The number of aromatic amines is 2. The Morgan fingerprint density at radius 2 is 1.46 bits per heavy atom. The van der Waals surface area contributed by atoms with Gasteiger partial charge in [-0.05, 0) is 62.3 Å². The second-order valence-corrected chi connectivity index (χ2v) is 10.3. The molecule has 3 aromatic heterocycles. The van der Waals surface area contributed by atoms with E-state index >= 15 is 0 Å². The van der Waals surface area contributed by atoms with Crippen molar-refractivity contribution in [2.75, 3.05) is 6.54 Å². The van der Waals surface area contributed by atoms with E-state index in [-0.39, 0.29) is 0 Å². The molecule has 0 spiro atoms. The highest BCUT2D eigenvalue weighted by Crippen LogP contribution is 2.42. The molecule has 0 amide bonds. The van der Waals surface area contributed by atoms with Gasteiger partial charge in [-0.25, -0.2) is 9.97 Å². The molecule has 3 aliphatic rings. The van der Waals surface area contributed by atoms with E-state index in [0.717, 1.165) is 64.3 Å². The summed E-state index contributed by atoms with van der Waals surface area (Å²) in [5, 5.41) is 7.28. The first kappa shape index (κ1) is 21.0. The maximum absolute atomic E-state index is 4.75. The van der Waals surface area contributed by atoms with Crippen molar-refractivity contribution in [2.45, 2.75) is 56.7 Å². The molecule has 2 saturated heterocycles. The summed E-state index contributed by atoms with van der Waals surface area (Å²) in [6.45, 7) is 1.07. The highest BCUT2D eigenvalue weighted by Gasteiger charge is 2.41. The normalized spacial score (nSPS) is 25.8. The Bertz CT molecular complexity index is 1300. The van der Waals surface area contributed by atoms with Gasteiger partial charge in [-0.3, -0.25) is 4.98 Å². The number of nitrogens with one attached hydrogen (secondary N) is 4. The summed E-state index contributed by atoms with van der Waals surface area (Å²) in [5.74, 6) is 2.83. The van der Waals surface area contributed by atoms with E-state index < -0.39 is 0 Å². The van der Waals surface area contributed by atoms with Gasteiger partial charge in [-0.15, -0.1) is 0 Å². The summed E-state index contributed by atoms with van der Waals surface area (Å²) in [6, 6.07) is 14.1. The van der Waals surface area contributed by atoms with Crippen LogP contribution in [0.5, 0.6) is 0 Å². The van der Waals surface area contributed by atoms with E-state index in [1.807, 2.05) is 18.6 Å². The van der Waals surface area contributed by atoms with Gasteiger partial charge in [0.25, 0.3) is 0 Å². The molecule has 1 aromatic carbocycles. The lowest BCUT2D eigenvalue weighted by Crippen LogP contribution is -2.29. The van der Waals surface area contributed by atoms with Gasteiger partial charge in [0.15, 0.2) is 0 Å². The van der Waals surface area contributed by atoms with Crippen molar-refractivity contribution in [1.82, 2.24) is 35.6 Å². The van der Waals surface area contributed by atoms with Gasteiger partial charge < -0.3 is 20.6 Å². The van der Waals surface area contributed by atoms with E-state index in [9.17, 15) is 0 Å². The third-order valence-corrected chi connectivity index (χ3v) is 8.05. The van der Waals surface area contributed by atoms with E-state index in [0.29, 0.717) is 18.1 Å². The summed E-state index contributed by atoms with van der Waals surface area (Å²) in [7, 11) is 0. The number of aromatic nitrogens is 5. The molecular formula is C28H31N7. The van der Waals surface area contributed by atoms with Crippen LogP contribution in [-0.4, -0.2) is 37.5 Å². The third kappa shape index (κ3) is 3.98. The molecule has 4 aromatic rings. The number of rotatable bonds is 5. The summed E-state index contributed by atoms with van der Waals surface area (Å²) in [5.41, 5.74) is 6.36. The van der Waals surface area contributed by atoms with Crippen molar-refractivity contribution >= 4 is 0 Å². The fraction of sp³-hybridized carbons (Fsp3) is 0.393. The van der Waals surface area contributed by atoms with Crippen LogP contribution in [-0.2, 0) is 0 Å². The quantitative estimate of drug-likeness (QED) is 0.327. The number of hydrogen-bond donors (Lipinski definition) is 4. The first-order chi connectivity index (χ1) is 17.3. The highest BCUT2D eigenvalue weighted by atomic mass is 15.1. The molecule has 7 nitrogen and oxygen atoms in total. The summed E-state index contributed by atoms with van der Waals surface area (Å²) in [4.78, 5) is 21.1. The maximum Gasteiger partial charge on any atom is 0.124 e. The van der Waals surface area contributed by atoms with Gasteiger partial charge in [0.05, 0.1) is 41.6 Å². The number of hydrogen-bond acceptors (Lipinski definition) is 5. The molecule has 3 fully saturated rings. The number of piperidine rings is 2. The van der Waals surface area contributed by atoms with Crippen LogP contribution in [0.25, 0.3) is 33.8 Å². The maximum atomic E-state index is 4.75. The van der Waals surface area contributed by atoms with Crippen molar-refractivity contribution in [3.05, 3.63) is 66.6 Å². The zero-order valence-corrected chi connectivity index (χ0v) is 19.8. The molecule has 4 N–H and O–H groups in total. The molecule has 7 rings (SSSR count). The van der Waals surface area contributed by atoms with Crippen molar-refractivity contribution in [3.8, 4) is 33.8 Å². The first-order valence-electron chi connectivity index (χ1n) is 13.0. The molecule has 1 unspecified atom stereocenters. The lowest BCUT2D eigenvalue weighted by atomic mass is 10.00. The Labute approximate surface area is 205 Å². The number of H-pyrrole nitrogens is 2. The Hall–Kier alpha value is -3.29. The van der Waals surface area contributed by atoms with E-state index in [2.05, 4.69) is 67.0 Å². The molecule has 4 atom stereocenters. The van der Waals surface area contributed by atoms with Gasteiger partial charge in [-0.2, -0.15) is 0 Å². The molecule has 2 aliphatic heterocycles. The van der Waals surface area contributed by atoms with Crippen LogP contribution in [0.4, 0.5) is 0 Å². The van der Waals surface area contributed by atoms with Crippen LogP contribution < -0.4 is 10.6 Å². The second kappa shape index (κ2) is 8.73. The zero-order chi connectivity index (χ0) is 23.2. The van der Waals surface area contributed by atoms with Crippen LogP contribution in [0.15, 0.2) is 55.0 Å². The van der Waals surface area contributed by atoms with Gasteiger partial charge in [0.1, 0.15) is 11.6 Å². The molecular weight excluding hydrogens is 434 g/mol. The minimum absolute atomic E-state index is 0.343. The average molecular weight is 466 g/mol.